The van der Waals surface area contributed by atoms with Gasteiger partial charge in [0.15, 0.2) is 5.82 Å². The van der Waals surface area contributed by atoms with Crippen molar-refractivity contribution >= 4 is 49.1 Å². The first-order valence-corrected chi connectivity index (χ1v) is 7.65. The van der Waals surface area contributed by atoms with Gasteiger partial charge in [-0.2, -0.15) is 5.10 Å². The highest BCUT2D eigenvalue weighted by Crippen LogP contribution is 2.30. The summed E-state index contributed by atoms with van der Waals surface area (Å²) in [7, 11) is 0. The smallest absolute Gasteiger partial charge is 0.170 e. The molecule has 0 amide bonds. The van der Waals surface area contributed by atoms with Crippen LogP contribution in [0.2, 0.25) is 5.02 Å². The molecule has 0 saturated heterocycles. The minimum absolute atomic E-state index is 0.509. The van der Waals surface area contributed by atoms with Crippen LogP contribution < -0.4 is 5.73 Å². The zero-order chi connectivity index (χ0) is 15.0. The summed E-state index contributed by atoms with van der Waals surface area (Å²) in [6.45, 7) is 0. The van der Waals surface area contributed by atoms with Crippen LogP contribution in [0.25, 0.3) is 17.2 Å². The summed E-state index contributed by atoms with van der Waals surface area (Å²) in [4.78, 5) is 12.9. The van der Waals surface area contributed by atoms with Crippen molar-refractivity contribution in [2.45, 2.75) is 0 Å². The third-order valence-corrected chi connectivity index (χ3v) is 3.99. The SMILES string of the molecule is Nc1cc(-c2cncc(Br)n2)nc(-n2cc(Cl)cn2)c1Br. The predicted molar refractivity (Wildman–Crippen MR) is 87.2 cm³/mol. The first-order valence-electron chi connectivity index (χ1n) is 5.69. The highest BCUT2D eigenvalue weighted by atomic mass is 79.9. The Bertz CT molecular complexity index is 819. The molecular formula is C12H7Br2ClN6. The summed E-state index contributed by atoms with van der Waals surface area (Å²) in [5.41, 5.74) is 7.73. The third kappa shape index (κ3) is 2.92. The number of halogens is 3. The molecule has 2 N–H and O–H groups in total. The molecule has 106 valence electrons. The van der Waals surface area contributed by atoms with E-state index >= 15 is 0 Å². The largest absolute Gasteiger partial charge is 0.398 e. The van der Waals surface area contributed by atoms with Gasteiger partial charge in [0.1, 0.15) is 10.3 Å². The Morgan fingerprint density at radius 2 is 1.90 bits per heavy atom. The van der Waals surface area contributed by atoms with Crippen LogP contribution in [-0.2, 0) is 0 Å². The number of nitrogen functional groups attached to an aromatic ring is 1. The Morgan fingerprint density at radius 3 is 2.57 bits per heavy atom. The number of nitrogens with two attached hydrogens (primary N) is 1. The molecule has 0 bridgehead atoms. The zero-order valence-electron chi connectivity index (χ0n) is 10.3. The van der Waals surface area contributed by atoms with Crippen LogP contribution in [0.15, 0.2) is 39.9 Å². The molecule has 6 nitrogen and oxygen atoms in total. The van der Waals surface area contributed by atoms with E-state index < -0.39 is 0 Å². The van der Waals surface area contributed by atoms with Gasteiger partial charge in [0, 0.05) is 0 Å². The molecule has 0 aliphatic heterocycles. The number of rotatable bonds is 2. The molecule has 3 aromatic rings. The van der Waals surface area contributed by atoms with Crippen molar-refractivity contribution < 1.29 is 0 Å². The van der Waals surface area contributed by atoms with Crippen LogP contribution in [0.4, 0.5) is 5.69 Å². The zero-order valence-corrected chi connectivity index (χ0v) is 14.3. The molecule has 0 fully saturated rings. The molecule has 3 aromatic heterocycles. The first-order chi connectivity index (χ1) is 10.0. The topological polar surface area (TPSA) is 82.5 Å². The van der Waals surface area contributed by atoms with Crippen LogP contribution in [0.5, 0.6) is 0 Å². The Hall–Kier alpha value is -1.51. The molecule has 0 aliphatic carbocycles. The van der Waals surface area contributed by atoms with Crippen molar-refractivity contribution in [2.24, 2.45) is 0 Å². The van der Waals surface area contributed by atoms with Crippen molar-refractivity contribution in [1.29, 1.82) is 0 Å². The lowest BCUT2D eigenvalue weighted by molar-refractivity contribution is 0.843. The molecular weight excluding hydrogens is 423 g/mol. The molecule has 0 aliphatic rings. The number of hydrogen-bond acceptors (Lipinski definition) is 5. The number of nitrogens with zero attached hydrogens (tertiary/aromatic N) is 5. The van der Waals surface area contributed by atoms with E-state index in [9.17, 15) is 0 Å². The number of pyridine rings is 1. The lowest BCUT2D eigenvalue weighted by atomic mass is 10.2. The minimum Gasteiger partial charge on any atom is -0.398 e. The molecule has 0 unspecified atom stereocenters. The number of aromatic nitrogens is 5. The minimum atomic E-state index is 0.509. The lowest BCUT2D eigenvalue weighted by Crippen LogP contribution is -2.04. The van der Waals surface area contributed by atoms with Crippen molar-refractivity contribution in [3.05, 3.63) is 45.0 Å². The standard InChI is InChI=1S/C12H7Br2ClN6/c13-10-4-17-3-9(19-10)8-1-7(16)11(14)12(20-8)21-5-6(15)2-18-21/h1-5H,(H2,16,20). The normalized spacial score (nSPS) is 10.8. The fraction of sp³-hybridized carbons (Fsp3) is 0. The van der Waals surface area contributed by atoms with Gasteiger partial charge in [-0.05, 0) is 37.9 Å². The summed E-state index contributed by atoms with van der Waals surface area (Å²) in [5, 5.41) is 4.64. The van der Waals surface area contributed by atoms with E-state index in [1.165, 1.54) is 10.9 Å². The lowest BCUT2D eigenvalue weighted by Gasteiger charge is -2.09. The highest BCUT2D eigenvalue weighted by molar-refractivity contribution is 9.11. The van der Waals surface area contributed by atoms with E-state index in [0.717, 1.165) is 0 Å². The Balaban J connectivity index is 2.18. The summed E-state index contributed by atoms with van der Waals surface area (Å²) in [6, 6.07) is 1.72. The van der Waals surface area contributed by atoms with E-state index in [1.807, 2.05) is 0 Å². The molecule has 9 heteroatoms. The fourth-order valence-electron chi connectivity index (χ4n) is 1.70. The predicted octanol–water partition coefficient (Wildman–Crippen LogP) is 3.48. The first kappa shape index (κ1) is 14.4. The van der Waals surface area contributed by atoms with Crippen molar-refractivity contribution in [2.75, 3.05) is 5.73 Å². The maximum absolute atomic E-state index is 6.02. The highest BCUT2D eigenvalue weighted by Gasteiger charge is 2.13. The van der Waals surface area contributed by atoms with Gasteiger partial charge in [-0.15, -0.1) is 0 Å². The van der Waals surface area contributed by atoms with Crippen LogP contribution in [-0.4, -0.2) is 24.7 Å². The van der Waals surface area contributed by atoms with Gasteiger partial charge in [-0.25, -0.2) is 14.6 Å². The van der Waals surface area contributed by atoms with Crippen molar-refractivity contribution in [1.82, 2.24) is 24.7 Å². The van der Waals surface area contributed by atoms with E-state index in [2.05, 4.69) is 51.9 Å². The Labute approximate surface area is 141 Å². The summed E-state index contributed by atoms with van der Waals surface area (Å²) < 4.78 is 2.79. The average Bonchev–Trinajstić information content (AvgIpc) is 2.88. The second kappa shape index (κ2) is 5.70. The summed E-state index contributed by atoms with van der Waals surface area (Å²) in [5.74, 6) is 0.527. The van der Waals surface area contributed by atoms with Crippen LogP contribution >= 0.6 is 43.5 Å². The number of anilines is 1. The fourth-order valence-corrected chi connectivity index (χ4v) is 2.53. The molecule has 3 rings (SSSR count). The second-order valence-electron chi connectivity index (χ2n) is 4.06. The van der Waals surface area contributed by atoms with Crippen molar-refractivity contribution in [3.8, 4) is 17.2 Å². The van der Waals surface area contributed by atoms with Gasteiger partial charge >= 0.3 is 0 Å². The molecule has 0 atom stereocenters. The maximum Gasteiger partial charge on any atom is 0.170 e. The monoisotopic (exact) mass is 428 g/mol. The molecule has 0 radical (unpaired) electrons. The van der Waals surface area contributed by atoms with Gasteiger partial charge in [-0.1, -0.05) is 11.6 Å². The van der Waals surface area contributed by atoms with Gasteiger partial charge in [0.2, 0.25) is 0 Å². The van der Waals surface area contributed by atoms with Gasteiger partial charge in [-0.3, -0.25) is 4.98 Å². The van der Waals surface area contributed by atoms with Crippen LogP contribution in [0, 0.1) is 0 Å². The average molecular weight is 430 g/mol. The van der Waals surface area contributed by atoms with E-state index in [-0.39, 0.29) is 0 Å². The molecule has 3 heterocycles. The van der Waals surface area contributed by atoms with Crippen molar-refractivity contribution in [3.63, 3.8) is 0 Å². The Morgan fingerprint density at radius 1 is 1.10 bits per heavy atom. The Kier molecular flexibility index (Phi) is 3.92. The summed E-state index contributed by atoms with van der Waals surface area (Å²) in [6.07, 6.45) is 6.38. The summed E-state index contributed by atoms with van der Waals surface area (Å²) >= 11 is 12.6. The van der Waals surface area contributed by atoms with E-state index in [4.69, 9.17) is 17.3 Å². The second-order valence-corrected chi connectivity index (χ2v) is 6.11. The molecule has 0 aromatic carbocycles. The van der Waals surface area contributed by atoms with Gasteiger partial charge in [0.25, 0.3) is 0 Å². The molecule has 0 spiro atoms. The van der Waals surface area contributed by atoms with Gasteiger partial charge in [0.05, 0.1) is 45.7 Å². The van der Waals surface area contributed by atoms with Crippen LogP contribution in [0.3, 0.4) is 0 Å². The van der Waals surface area contributed by atoms with Gasteiger partial charge < -0.3 is 5.73 Å². The molecule has 21 heavy (non-hydrogen) atoms. The van der Waals surface area contributed by atoms with Crippen LogP contribution in [0.1, 0.15) is 0 Å². The number of hydrogen-bond donors (Lipinski definition) is 1. The third-order valence-electron chi connectivity index (χ3n) is 2.60. The maximum atomic E-state index is 6.02. The molecule has 0 saturated carbocycles. The van der Waals surface area contributed by atoms with E-state index in [1.54, 1.807) is 24.7 Å². The van der Waals surface area contributed by atoms with E-state index in [0.29, 0.717) is 37.0 Å². The quantitative estimate of drug-likeness (QED) is 0.673.